The summed E-state index contributed by atoms with van der Waals surface area (Å²) >= 11 is 0. The average Bonchev–Trinajstić information content (AvgIpc) is 2.91. The van der Waals surface area contributed by atoms with Gasteiger partial charge in [-0.05, 0) is 59.0 Å². The normalized spacial score (nSPS) is 18.6. The van der Waals surface area contributed by atoms with Crippen LogP contribution in [0.4, 0.5) is 0 Å². The predicted molar refractivity (Wildman–Crippen MR) is 84.3 cm³/mol. The minimum Gasteiger partial charge on any atom is -0.344 e. The second-order valence-electron chi connectivity index (χ2n) is 6.49. The molecule has 2 heterocycles. The first-order valence-corrected chi connectivity index (χ1v) is 8.33. The number of likely N-dealkylation sites (tertiary alicyclic amines) is 1. The number of rotatable bonds is 6. The SMILES string of the molecule is CCC(NC(=O)CC1CCN(C(C)C)CC1)c1nc(C)no1. The summed E-state index contributed by atoms with van der Waals surface area (Å²) in [7, 11) is 0. The van der Waals surface area contributed by atoms with E-state index in [0.717, 1.165) is 32.4 Å². The quantitative estimate of drug-likeness (QED) is 0.874. The Balaban J connectivity index is 1.80. The maximum Gasteiger partial charge on any atom is 0.249 e. The topological polar surface area (TPSA) is 71.3 Å². The fourth-order valence-corrected chi connectivity index (χ4v) is 2.98. The maximum absolute atomic E-state index is 12.3. The van der Waals surface area contributed by atoms with E-state index in [1.54, 1.807) is 6.92 Å². The van der Waals surface area contributed by atoms with Crippen LogP contribution in [-0.2, 0) is 4.79 Å². The average molecular weight is 308 g/mol. The zero-order valence-corrected chi connectivity index (χ0v) is 14.1. The standard InChI is InChI=1S/C16H28N4O2/c1-5-14(16-17-12(4)19-22-16)18-15(21)10-13-6-8-20(9-7-13)11(2)3/h11,13-14H,5-10H2,1-4H3,(H,18,21). The highest BCUT2D eigenvalue weighted by molar-refractivity contribution is 5.76. The number of hydrogen-bond donors (Lipinski definition) is 1. The lowest BCUT2D eigenvalue weighted by atomic mass is 9.92. The highest BCUT2D eigenvalue weighted by Crippen LogP contribution is 2.22. The van der Waals surface area contributed by atoms with Crippen LogP contribution in [0.25, 0.3) is 0 Å². The smallest absolute Gasteiger partial charge is 0.249 e. The molecule has 2 rings (SSSR count). The zero-order chi connectivity index (χ0) is 16.1. The van der Waals surface area contributed by atoms with Crippen LogP contribution >= 0.6 is 0 Å². The van der Waals surface area contributed by atoms with Crippen LogP contribution in [0.3, 0.4) is 0 Å². The molecule has 1 aromatic rings. The largest absolute Gasteiger partial charge is 0.344 e. The molecule has 0 radical (unpaired) electrons. The van der Waals surface area contributed by atoms with E-state index in [1.807, 2.05) is 6.92 Å². The monoisotopic (exact) mass is 308 g/mol. The molecular formula is C16H28N4O2. The van der Waals surface area contributed by atoms with E-state index in [9.17, 15) is 4.79 Å². The number of nitrogens with one attached hydrogen (secondary N) is 1. The van der Waals surface area contributed by atoms with Crippen molar-refractivity contribution in [1.29, 1.82) is 0 Å². The third-order valence-corrected chi connectivity index (χ3v) is 4.44. The first kappa shape index (κ1) is 16.9. The molecule has 124 valence electrons. The fourth-order valence-electron chi connectivity index (χ4n) is 2.98. The van der Waals surface area contributed by atoms with Gasteiger partial charge in [-0.1, -0.05) is 12.1 Å². The molecule has 1 aliphatic heterocycles. The van der Waals surface area contributed by atoms with Crippen molar-refractivity contribution in [1.82, 2.24) is 20.4 Å². The van der Waals surface area contributed by atoms with Gasteiger partial charge in [0, 0.05) is 12.5 Å². The Morgan fingerprint density at radius 2 is 2.09 bits per heavy atom. The van der Waals surface area contributed by atoms with E-state index in [2.05, 4.69) is 34.2 Å². The van der Waals surface area contributed by atoms with Crippen LogP contribution in [0.15, 0.2) is 4.52 Å². The van der Waals surface area contributed by atoms with Crippen molar-refractivity contribution in [3.05, 3.63) is 11.7 Å². The van der Waals surface area contributed by atoms with E-state index in [0.29, 0.717) is 30.1 Å². The molecule has 0 saturated carbocycles. The van der Waals surface area contributed by atoms with Crippen LogP contribution < -0.4 is 5.32 Å². The lowest BCUT2D eigenvalue weighted by Crippen LogP contribution is -2.40. The molecule has 1 atom stereocenters. The van der Waals surface area contributed by atoms with Gasteiger partial charge in [0.1, 0.15) is 6.04 Å². The fraction of sp³-hybridized carbons (Fsp3) is 0.812. The molecule has 1 aliphatic rings. The molecule has 1 N–H and O–H groups in total. The molecule has 6 nitrogen and oxygen atoms in total. The van der Waals surface area contributed by atoms with Crippen LogP contribution in [0, 0.1) is 12.8 Å². The van der Waals surface area contributed by atoms with Crippen molar-refractivity contribution in [2.45, 2.75) is 65.5 Å². The van der Waals surface area contributed by atoms with Gasteiger partial charge in [-0.25, -0.2) is 0 Å². The van der Waals surface area contributed by atoms with Crippen molar-refractivity contribution >= 4 is 5.91 Å². The van der Waals surface area contributed by atoms with E-state index in [1.165, 1.54) is 0 Å². The number of piperidine rings is 1. The number of carbonyl (C=O) groups is 1. The third kappa shape index (κ3) is 4.53. The number of amides is 1. The minimum atomic E-state index is -0.176. The summed E-state index contributed by atoms with van der Waals surface area (Å²) in [5.41, 5.74) is 0. The Morgan fingerprint density at radius 3 is 2.59 bits per heavy atom. The summed E-state index contributed by atoms with van der Waals surface area (Å²) in [5.74, 6) is 1.68. The van der Waals surface area contributed by atoms with Crippen molar-refractivity contribution in [2.24, 2.45) is 5.92 Å². The molecule has 1 fully saturated rings. The molecular weight excluding hydrogens is 280 g/mol. The van der Waals surface area contributed by atoms with Crippen molar-refractivity contribution in [3.63, 3.8) is 0 Å². The van der Waals surface area contributed by atoms with E-state index >= 15 is 0 Å². The Bertz CT molecular complexity index is 478. The molecule has 0 spiro atoms. The molecule has 1 saturated heterocycles. The highest BCUT2D eigenvalue weighted by Gasteiger charge is 2.24. The van der Waals surface area contributed by atoms with Gasteiger partial charge in [-0.2, -0.15) is 4.98 Å². The number of hydrogen-bond acceptors (Lipinski definition) is 5. The molecule has 1 unspecified atom stereocenters. The molecule has 22 heavy (non-hydrogen) atoms. The van der Waals surface area contributed by atoms with Gasteiger partial charge >= 0.3 is 0 Å². The molecule has 0 aromatic carbocycles. The summed E-state index contributed by atoms with van der Waals surface area (Å²) in [6, 6.07) is 0.421. The van der Waals surface area contributed by atoms with Gasteiger partial charge in [0.15, 0.2) is 5.82 Å². The minimum absolute atomic E-state index is 0.0886. The first-order valence-electron chi connectivity index (χ1n) is 8.33. The number of aryl methyl sites for hydroxylation is 1. The Kier molecular flexibility index (Phi) is 5.94. The summed E-state index contributed by atoms with van der Waals surface area (Å²) < 4.78 is 5.17. The number of nitrogens with zero attached hydrogens (tertiary/aromatic N) is 3. The van der Waals surface area contributed by atoms with Crippen molar-refractivity contribution in [2.75, 3.05) is 13.1 Å². The first-order chi connectivity index (χ1) is 10.5. The molecule has 1 amide bonds. The summed E-state index contributed by atoms with van der Waals surface area (Å²) in [5, 5.41) is 6.82. The molecule has 1 aromatic heterocycles. The van der Waals surface area contributed by atoms with Crippen molar-refractivity contribution in [3.8, 4) is 0 Å². The molecule has 0 aliphatic carbocycles. The van der Waals surface area contributed by atoms with Crippen LogP contribution in [-0.4, -0.2) is 40.1 Å². The second-order valence-corrected chi connectivity index (χ2v) is 6.49. The lowest BCUT2D eigenvalue weighted by molar-refractivity contribution is -0.123. The summed E-state index contributed by atoms with van der Waals surface area (Å²) in [4.78, 5) is 19.0. The van der Waals surface area contributed by atoms with Gasteiger partial charge in [0.2, 0.25) is 11.8 Å². The van der Waals surface area contributed by atoms with Gasteiger partial charge in [0.25, 0.3) is 0 Å². The molecule has 6 heteroatoms. The van der Waals surface area contributed by atoms with E-state index < -0.39 is 0 Å². The Labute approximate surface area is 132 Å². The van der Waals surface area contributed by atoms with E-state index in [-0.39, 0.29) is 11.9 Å². The van der Waals surface area contributed by atoms with Gasteiger partial charge in [-0.3, -0.25) is 4.79 Å². The van der Waals surface area contributed by atoms with Gasteiger partial charge in [-0.15, -0.1) is 0 Å². The van der Waals surface area contributed by atoms with Gasteiger partial charge < -0.3 is 14.7 Å². The lowest BCUT2D eigenvalue weighted by Gasteiger charge is -2.34. The second kappa shape index (κ2) is 7.72. The molecule has 0 bridgehead atoms. The number of aromatic nitrogens is 2. The Morgan fingerprint density at radius 1 is 1.41 bits per heavy atom. The van der Waals surface area contributed by atoms with Crippen LogP contribution in [0.1, 0.15) is 64.2 Å². The highest BCUT2D eigenvalue weighted by atomic mass is 16.5. The maximum atomic E-state index is 12.3. The summed E-state index contributed by atoms with van der Waals surface area (Å²) in [6.07, 6.45) is 3.54. The van der Waals surface area contributed by atoms with E-state index in [4.69, 9.17) is 4.52 Å². The predicted octanol–water partition coefficient (Wildman–Crippen LogP) is 2.46. The summed E-state index contributed by atoms with van der Waals surface area (Å²) in [6.45, 7) is 10.4. The Hall–Kier alpha value is -1.43. The third-order valence-electron chi connectivity index (χ3n) is 4.44. The number of carbonyl (C=O) groups excluding carboxylic acids is 1. The van der Waals surface area contributed by atoms with Crippen LogP contribution in [0.2, 0.25) is 0 Å². The van der Waals surface area contributed by atoms with Crippen molar-refractivity contribution < 1.29 is 9.32 Å². The van der Waals surface area contributed by atoms with Gasteiger partial charge in [0.05, 0.1) is 0 Å². The zero-order valence-electron chi connectivity index (χ0n) is 14.1. The van der Waals surface area contributed by atoms with Crippen LogP contribution in [0.5, 0.6) is 0 Å².